The van der Waals surface area contributed by atoms with Crippen molar-refractivity contribution in [2.24, 2.45) is 5.92 Å². The Balaban J connectivity index is 1.62. The summed E-state index contributed by atoms with van der Waals surface area (Å²) in [4.78, 5) is 17.4. The molecule has 1 N–H and O–H groups in total. The topological polar surface area (TPSA) is 70.8 Å². The Hall–Kier alpha value is -1.44. The van der Waals surface area contributed by atoms with Gasteiger partial charge in [0.1, 0.15) is 5.76 Å². The normalized spacial score (nSPS) is 25.1. The standard InChI is InChI=1S/C19H32N4O3/c1-13-17(14(2)26-21-13)9-19(24)20-18-12-23(11-15(18)10-22(3)4)16-5-7-25-8-6-16/h15-16,18H,5-12H2,1-4H3,(H,20,24)/t15-,18-/m1/s1. The lowest BCUT2D eigenvalue weighted by molar-refractivity contribution is -0.121. The number of amides is 1. The van der Waals surface area contributed by atoms with E-state index in [1.165, 1.54) is 0 Å². The molecule has 2 saturated heterocycles. The average molecular weight is 364 g/mol. The molecule has 7 nitrogen and oxygen atoms in total. The van der Waals surface area contributed by atoms with Crippen LogP contribution in [0.1, 0.15) is 29.9 Å². The molecule has 1 amide bonds. The molecule has 26 heavy (non-hydrogen) atoms. The predicted molar refractivity (Wildman–Crippen MR) is 99.1 cm³/mol. The quantitative estimate of drug-likeness (QED) is 0.812. The summed E-state index contributed by atoms with van der Waals surface area (Å²) in [5.41, 5.74) is 1.71. The lowest BCUT2D eigenvalue weighted by Crippen LogP contribution is -2.44. The first-order valence-electron chi connectivity index (χ1n) is 9.61. The molecule has 3 rings (SSSR count). The number of aryl methyl sites for hydroxylation is 2. The number of hydrogen-bond acceptors (Lipinski definition) is 6. The second-order valence-corrected chi connectivity index (χ2v) is 7.97. The lowest BCUT2D eigenvalue weighted by atomic mass is 10.0. The smallest absolute Gasteiger partial charge is 0.224 e. The van der Waals surface area contributed by atoms with E-state index in [2.05, 4.69) is 34.4 Å². The monoisotopic (exact) mass is 364 g/mol. The Labute approximate surface area is 156 Å². The second kappa shape index (κ2) is 8.50. The summed E-state index contributed by atoms with van der Waals surface area (Å²) in [5.74, 6) is 1.24. The number of likely N-dealkylation sites (tertiary alicyclic amines) is 1. The Bertz CT molecular complexity index is 590. The summed E-state index contributed by atoms with van der Waals surface area (Å²) < 4.78 is 10.7. The van der Waals surface area contributed by atoms with Gasteiger partial charge >= 0.3 is 0 Å². The number of aromatic nitrogens is 1. The summed E-state index contributed by atoms with van der Waals surface area (Å²) in [5, 5.41) is 7.23. The van der Waals surface area contributed by atoms with E-state index >= 15 is 0 Å². The van der Waals surface area contributed by atoms with Gasteiger partial charge in [-0.1, -0.05) is 5.16 Å². The first kappa shape index (κ1) is 19.3. The van der Waals surface area contributed by atoms with Gasteiger partial charge in [-0.15, -0.1) is 0 Å². The molecule has 0 saturated carbocycles. The van der Waals surface area contributed by atoms with E-state index in [0.29, 0.717) is 18.4 Å². The second-order valence-electron chi connectivity index (χ2n) is 7.97. The Kier molecular flexibility index (Phi) is 6.32. The minimum Gasteiger partial charge on any atom is -0.381 e. The molecule has 1 aromatic rings. The number of carbonyl (C=O) groups is 1. The van der Waals surface area contributed by atoms with Crippen LogP contribution in [0, 0.1) is 19.8 Å². The van der Waals surface area contributed by atoms with Crippen molar-refractivity contribution in [1.29, 1.82) is 0 Å². The molecule has 2 atom stereocenters. The van der Waals surface area contributed by atoms with Crippen LogP contribution in [-0.2, 0) is 16.0 Å². The molecule has 0 unspecified atom stereocenters. The molecule has 0 radical (unpaired) electrons. The van der Waals surface area contributed by atoms with Gasteiger partial charge in [0, 0.05) is 56.4 Å². The van der Waals surface area contributed by atoms with Crippen LogP contribution in [0.25, 0.3) is 0 Å². The zero-order valence-electron chi connectivity index (χ0n) is 16.5. The predicted octanol–water partition coefficient (Wildman–Crippen LogP) is 0.991. The molecule has 2 aliphatic rings. The maximum atomic E-state index is 12.7. The molecular formula is C19H32N4O3. The number of hydrogen-bond donors (Lipinski definition) is 1. The van der Waals surface area contributed by atoms with Gasteiger partial charge < -0.3 is 19.5 Å². The fourth-order valence-corrected chi connectivity index (χ4v) is 4.24. The van der Waals surface area contributed by atoms with Crippen LogP contribution in [0.15, 0.2) is 4.52 Å². The van der Waals surface area contributed by atoms with E-state index < -0.39 is 0 Å². The summed E-state index contributed by atoms with van der Waals surface area (Å²) in [6.07, 6.45) is 2.52. The molecule has 2 aliphatic heterocycles. The molecule has 0 bridgehead atoms. The summed E-state index contributed by atoms with van der Waals surface area (Å²) >= 11 is 0. The SMILES string of the molecule is Cc1noc(C)c1CC(=O)N[C@@H]1CN(C2CCOCC2)C[C@H]1CN(C)C. The van der Waals surface area contributed by atoms with Crippen LogP contribution in [0.4, 0.5) is 0 Å². The molecule has 0 aromatic carbocycles. The molecule has 146 valence electrons. The number of ether oxygens (including phenoxy) is 1. The first-order valence-corrected chi connectivity index (χ1v) is 9.61. The molecule has 0 spiro atoms. The maximum Gasteiger partial charge on any atom is 0.224 e. The van der Waals surface area contributed by atoms with Crippen LogP contribution in [0.3, 0.4) is 0 Å². The van der Waals surface area contributed by atoms with E-state index in [4.69, 9.17) is 9.26 Å². The van der Waals surface area contributed by atoms with Crippen molar-refractivity contribution in [3.63, 3.8) is 0 Å². The number of nitrogens with one attached hydrogen (secondary N) is 1. The van der Waals surface area contributed by atoms with E-state index in [1.54, 1.807) is 0 Å². The zero-order chi connectivity index (χ0) is 18.7. The average Bonchev–Trinajstić information content (AvgIpc) is 3.13. The highest BCUT2D eigenvalue weighted by Gasteiger charge is 2.37. The van der Waals surface area contributed by atoms with Crippen molar-refractivity contribution >= 4 is 5.91 Å². The minimum absolute atomic E-state index is 0.0574. The van der Waals surface area contributed by atoms with Gasteiger partial charge in [-0.2, -0.15) is 0 Å². The summed E-state index contributed by atoms with van der Waals surface area (Å²) in [6.45, 7) is 8.40. The minimum atomic E-state index is 0.0574. The summed E-state index contributed by atoms with van der Waals surface area (Å²) in [6, 6.07) is 0.770. The van der Waals surface area contributed by atoms with Gasteiger partial charge in [-0.25, -0.2) is 0 Å². The van der Waals surface area contributed by atoms with Crippen molar-refractivity contribution < 1.29 is 14.1 Å². The van der Waals surface area contributed by atoms with Crippen molar-refractivity contribution in [3.05, 3.63) is 17.0 Å². The highest BCUT2D eigenvalue weighted by atomic mass is 16.5. The van der Waals surface area contributed by atoms with Gasteiger partial charge in [0.05, 0.1) is 12.1 Å². The third-order valence-electron chi connectivity index (χ3n) is 5.64. The number of rotatable bonds is 6. The number of nitrogens with zero attached hydrogens (tertiary/aromatic N) is 3. The summed E-state index contributed by atoms with van der Waals surface area (Å²) in [7, 11) is 4.19. The number of carbonyl (C=O) groups excluding carboxylic acids is 1. The Morgan fingerprint density at radius 3 is 2.62 bits per heavy atom. The van der Waals surface area contributed by atoms with Crippen LogP contribution < -0.4 is 5.32 Å². The molecule has 1 aromatic heterocycles. The third kappa shape index (κ3) is 4.64. The van der Waals surface area contributed by atoms with Crippen molar-refractivity contribution in [2.75, 3.05) is 46.9 Å². The van der Waals surface area contributed by atoms with Crippen LogP contribution >= 0.6 is 0 Å². The Morgan fingerprint density at radius 2 is 2.00 bits per heavy atom. The molecular weight excluding hydrogens is 332 g/mol. The van der Waals surface area contributed by atoms with Gasteiger partial charge in [0.2, 0.25) is 5.91 Å². The largest absolute Gasteiger partial charge is 0.381 e. The molecule has 2 fully saturated rings. The highest BCUT2D eigenvalue weighted by molar-refractivity contribution is 5.79. The van der Waals surface area contributed by atoms with E-state index in [0.717, 1.165) is 62.7 Å². The van der Waals surface area contributed by atoms with Crippen LogP contribution in [0.2, 0.25) is 0 Å². The molecule has 3 heterocycles. The van der Waals surface area contributed by atoms with Crippen LogP contribution in [-0.4, -0.2) is 79.9 Å². The fraction of sp³-hybridized carbons (Fsp3) is 0.789. The van der Waals surface area contributed by atoms with E-state index in [-0.39, 0.29) is 11.9 Å². The van der Waals surface area contributed by atoms with Gasteiger partial charge in [-0.05, 0) is 40.8 Å². The maximum absolute atomic E-state index is 12.7. The fourth-order valence-electron chi connectivity index (χ4n) is 4.24. The highest BCUT2D eigenvalue weighted by Crippen LogP contribution is 2.25. The van der Waals surface area contributed by atoms with Gasteiger partial charge in [0.15, 0.2) is 0 Å². The van der Waals surface area contributed by atoms with Gasteiger partial charge in [-0.3, -0.25) is 9.69 Å². The van der Waals surface area contributed by atoms with Crippen molar-refractivity contribution in [1.82, 2.24) is 20.3 Å². The first-order chi connectivity index (χ1) is 12.4. The lowest BCUT2D eigenvalue weighted by Gasteiger charge is -2.31. The van der Waals surface area contributed by atoms with E-state index in [1.807, 2.05) is 13.8 Å². The zero-order valence-corrected chi connectivity index (χ0v) is 16.5. The Morgan fingerprint density at radius 1 is 1.27 bits per heavy atom. The van der Waals surface area contributed by atoms with Crippen molar-refractivity contribution in [3.8, 4) is 0 Å². The van der Waals surface area contributed by atoms with Crippen LogP contribution in [0.5, 0.6) is 0 Å². The van der Waals surface area contributed by atoms with Crippen molar-refractivity contribution in [2.45, 2.75) is 45.2 Å². The van der Waals surface area contributed by atoms with E-state index in [9.17, 15) is 4.79 Å². The molecule has 7 heteroatoms. The van der Waals surface area contributed by atoms with Gasteiger partial charge in [0.25, 0.3) is 0 Å². The third-order valence-corrected chi connectivity index (χ3v) is 5.64. The molecule has 0 aliphatic carbocycles.